The van der Waals surface area contributed by atoms with Crippen LogP contribution < -0.4 is 16.1 Å². The van der Waals surface area contributed by atoms with E-state index in [1.54, 1.807) is 18.4 Å². The highest BCUT2D eigenvalue weighted by atomic mass is 19.4. The number of nitrogens with two attached hydrogens (primary N) is 1. The van der Waals surface area contributed by atoms with Gasteiger partial charge in [0.05, 0.1) is 5.41 Å². The summed E-state index contributed by atoms with van der Waals surface area (Å²) in [6.45, 7) is 3.20. The van der Waals surface area contributed by atoms with Crippen LogP contribution in [0.5, 0.6) is 0 Å². The molecule has 1 fully saturated rings. The molecule has 0 aromatic carbocycles. The van der Waals surface area contributed by atoms with Crippen molar-refractivity contribution in [3.05, 3.63) is 41.4 Å². The van der Waals surface area contributed by atoms with Crippen LogP contribution in [0.3, 0.4) is 0 Å². The Labute approximate surface area is 177 Å². The van der Waals surface area contributed by atoms with Crippen LogP contribution in [0, 0.1) is 17.2 Å². The number of anilines is 1. The lowest BCUT2D eigenvalue weighted by Gasteiger charge is -2.43. The Morgan fingerprint density at radius 1 is 1.29 bits per heavy atom. The van der Waals surface area contributed by atoms with Crippen molar-refractivity contribution in [3.8, 4) is 0 Å². The second kappa shape index (κ2) is 7.90. The van der Waals surface area contributed by atoms with E-state index in [1.165, 1.54) is 12.1 Å². The van der Waals surface area contributed by atoms with Gasteiger partial charge in [0, 0.05) is 30.9 Å². The first-order valence-electron chi connectivity index (χ1n) is 10.2. The highest BCUT2D eigenvalue weighted by Crippen LogP contribution is 2.43. The fourth-order valence-corrected chi connectivity index (χ4v) is 4.16. The molecule has 3 N–H and O–H groups in total. The Bertz CT molecular complexity index is 940. The van der Waals surface area contributed by atoms with Gasteiger partial charge in [-0.05, 0) is 56.9 Å². The quantitative estimate of drug-likeness (QED) is 0.702. The fourth-order valence-electron chi connectivity index (χ4n) is 4.16. The van der Waals surface area contributed by atoms with Crippen LogP contribution in [0.4, 0.5) is 23.4 Å². The van der Waals surface area contributed by atoms with Crippen molar-refractivity contribution >= 4 is 17.8 Å². The van der Waals surface area contributed by atoms with Crippen molar-refractivity contribution in [1.82, 2.24) is 10.5 Å². The predicted octanol–water partition coefficient (Wildman–Crippen LogP) is 3.57. The molecule has 0 radical (unpaired) electrons. The van der Waals surface area contributed by atoms with Crippen molar-refractivity contribution in [2.75, 3.05) is 18.0 Å². The summed E-state index contributed by atoms with van der Waals surface area (Å²) in [5.74, 6) is -0.199. The molecule has 31 heavy (non-hydrogen) atoms. The maximum Gasteiger partial charge on any atom is 0.395 e. The third kappa shape index (κ3) is 3.94. The van der Waals surface area contributed by atoms with Gasteiger partial charge < -0.3 is 15.5 Å². The third-order valence-electron chi connectivity index (χ3n) is 6.33. The van der Waals surface area contributed by atoms with Gasteiger partial charge in [0.15, 0.2) is 17.7 Å². The number of fused-ring (bicyclic) bond motifs is 1. The van der Waals surface area contributed by atoms with Crippen LogP contribution >= 0.6 is 0 Å². The fraction of sp³-hybridized carbons (Fsp3) is 0.524. The highest BCUT2D eigenvalue weighted by molar-refractivity contribution is 5.78. The van der Waals surface area contributed by atoms with Crippen LogP contribution in [-0.4, -0.2) is 42.7 Å². The van der Waals surface area contributed by atoms with Gasteiger partial charge in [0.1, 0.15) is 11.5 Å². The summed E-state index contributed by atoms with van der Waals surface area (Å²) < 4.78 is 55.0. The molecule has 0 spiro atoms. The molecule has 10 heteroatoms. The summed E-state index contributed by atoms with van der Waals surface area (Å²) in [4.78, 5) is 16.0. The summed E-state index contributed by atoms with van der Waals surface area (Å²) in [7, 11) is 0. The molecule has 4 rings (SSSR count). The van der Waals surface area contributed by atoms with Crippen LogP contribution in [-0.2, 0) is 4.84 Å². The number of rotatable bonds is 4. The molecule has 3 unspecified atom stereocenters. The zero-order valence-corrected chi connectivity index (χ0v) is 17.3. The monoisotopic (exact) mass is 439 g/mol. The molecule has 0 saturated carbocycles. The largest absolute Gasteiger partial charge is 0.403 e. The van der Waals surface area contributed by atoms with E-state index in [-0.39, 0.29) is 17.4 Å². The molecular formula is C21H25F4N5O. The van der Waals surface area contributed by atoms with Gasteiger partial charge in [-0.1, -0.05) is 0 Å². The summed E-state index contributed by atoms with van der Waals surface area (Å²) in [6, 6.07) is 1.76. The van der Waals surface area contributed by atoms with Crippen molar-refractivity contribution in [1.29, 1.82) is 0 Å². The molecule has 3 aliphatic heterocycles. The Balaban J connectivity index is 1.59. The van der Waals surface area contributed by atoms with E-state index in [2.05, 4.69) is 15.5 Å². The van der Waals surface area contributed by atoms with Crippen LogP contribution in [0.1, 0.15) is 32.4 Å². The molecule has 3 atom stereocenters. The lowest BCUT2D eigenvalue weighted by atomic mass is 9.74. The van der Waals surface area contributed by atoms with Gasteiger partial charge in [0.2, 0.25) is 0 Å². The van der Waals surface area contributed by atoms with Gasteiger partial charge in [-0.15, -0.1) is 5.48 Å². The standard InChI is InChI=1S/C21H25F4N5O/c1-20(2,21(23,24)25)18(26)12-5-4-10-30(11-12)15-8-7-14(22)16(28-15)17-13-6-3-9-27-19(13)29-31-17/h3,6-9,12,18-19,29H,4-5,10-11,26H2,1-2H3. The second-order valence-electron chi connectivity index (χ2n) is 8.66. The van der Waals surface area contributed by atoms with Gasteiger partial charge in [0.25, 0.3) is 0 Å². The molecule has 3 aliphatic rings. The first-order chi connectivity index (χ1) is 14.6. The second-order valence-corrected chi connectivity index (χ2v) is 8.66. The number of halogens is 4. The van der Waals surface area contributed by atoms with Crippen LogP contribution in [0.15, 0.2) is 34.9 Å². The van der Waals surface area contributed by atoms with Gasteiger partial charge >= 0.3 is 6.18 Å². The van der Waals surface area contributed by atoms with Crippen LogP contribution in [0.25, 0.3) is 5.76 Å². The van der Waals surface area contributed by atoms with E-state index in [4.69, 9.17) is 10.6 Å². The number of hydrogen-bond acceptors (Lipinski definition) is 6. The SMILES string of the molecule is CC(C)(C(N)C1CCCN(c2ccc(F)c(C3=C4C=CC=NC4NO3)n2)C1)C(F)(F)F. The third-order valence-corrected chi connectivity index (χ3v) is 6.33. The van der Waals surface area contributed by atoms with Crippen molar-refractivity contribution in [2.45, 2.75) is 45.1 Å². The number of piperidine rings is 1. The first-order valence-corrected chi connectivity index (χ1v) is 10.2. The molecule has 0 bridgehead atoms. The smallest absolute Gasteiger partial charge is 0.395 e. The molecule has 0 amide bonds. The average Bonchev–Trinajstić information content (AvgIpc) is 3.17. The lowest BCUT2D eigenvalue weighted by molar-refractivity contribution is -0.222. The van der Waals surface area contributed by atoms with Gasteiger partial charge in [-0.3, -0.25) is 4.99 Å². The molecular weight excluding hydrogens is 414 g/mol. The number of nitrogens with zero attached hydrogens (tertiary/aromatic N) is 3. The summed E-state index contributed by atoms with van der Waals surface area (Å²) in [5.41, 5.74) is 7.50. The summed E-state index contributed by atoms with van der Waals surface area (Å²) >= 11 is 0. The van der Waals surface area contributed by atoms with E-state index >= 15 is 0 Å². The molecule has 168 valence electrons. The number of aromatic nitrogens is 1. The predicted molar refractivity (Wildman–Crippen MR) is 110 cm³/mol. The number of nitrogens with one attached hydrogen (secondary N) is 1. The maximum absolute atomic E-state index is 14.6. The highest BCUT2D eigenvalue weighted by Gasteiger charge is 2.53. The Hall–Kier alpha value is -2.46. The minimum absolute atomic E-state index is 0.0336. The van der Waals surface area contributed by atoms with E-state index < -0.39 is 29.6 Å². The van der Waals surface area contributed by atoms with E-state index in [1.807, 2.05) is 4.90 Å². The zero-order valence-electron chi connectivity index (χ0n) is 17.3. The first kappa shape index (κ1) is 21.8. The molecule has 1 aromatic rings. The minimum Gasteiger partial charge on any atom is -0.403 e. The van der Waals surface area contributed by atoms with Gasteiger partial charge in [-0.2, -0.15) is 13.2 Å². The Morgan fingerprint density at radius 3 is 2.81 bits per heavy atom. The van der Waals surface area contributed by atoms with Crippen molar-refractivity contribution in [2.24, 2.45) is 22.1 Å². The Kier molecular flexibility index (Phi) is 5.55. The topological polar surface area (TPSA) is 75.8 Å². The minimum atomic E-state index is -4.40. The number of allylic oxidation sites excluding steroid dienone is 1. The van der Waals surface area contributed by atoms with Crippen LogP contribution in [0.2, 0.25) is 0 Å². The van der Waals surface area contributed by atoms with E-state index in [9.17, 15) is 17.6 Å². The Morgan fingerprint density at radius 2 is 2.06 bits per heavy atom. The zero-order chi connectivity index (χ0) is 22.4. The van der Waals surface area contributed by atoms with E-state index in [0.29, 0.717) is 37.3 Å². The molecule has 0 aliphatic carbocycles. The molecule has 1 saturated heterocycles. The molecule has 6 nitrogen and oxygen atoms in total. The van der Waals surface area contributed by atoms with Crippen molar-refractivity contribution in [3.63, 3.8) is 0 Å². The number of alkyl halides is 3. The lowest BCUT2D eigenvalue weighted by Crippen LogP contribution is -2.55. The van der Waals surface area contributed by atoms with Gasteiger partial charge in [-0.25, -0.2) is 9.37 Å². The maximum atomic E-state index is 14.6. The number of pyridine rings is 1. The summed E-state index contributed by atoms with van der Waals surface area (Å²) in [5, 5.41) is 0. The normalized spacial score (nSPS) is 24.9. The number of dihydropyridines is 1. The van der Waals surface area contributed by atoms with E-state index in [0.717, 1.165) is 13.8 Å². The number of aliphatic imine (C=N–C) groups is 1. The molecule has 1 aromatic heterocycles. The van der Waals surface area contributed by atoms with Crippen molar-refractivity contribution < 1.29 is 22.4 Å². The number of hydrogen-bond donors (Lipinski definition) is 2. The average molecular weight is 439 g/mol. The number of hydroxylamine groups is 1. The summed E-state index contributed by atoms with van der Waals surface area (Å²) in [6.07, 6.45) is 1.56. The molecule has 4 heterocycles.